The van der Waals surface area contributed by atoms with Gasteiger partial charge in [-0.15, -0.1) is 4.36 Å². The van der Waals surface area contributed by atoms with Gasteiger partial charge in [-0.3, -0.25) is 0 Å². The maximum absolute atomic E-state index is 10.1. The van der Waals surface area contributed by atoms with Gasteiger partial charge in [0, 0.05) is 5.69 Å². The van der Waals surface area contributed by atoms with Crippen LogP contribution in [0.15, 0.2) is 28.6 Å². The van der Waals surface area contributed by atoms with Gasteiger partial charge >= 0.3 is 10.5 Å². The predicted octanol–water partition coefficient (Wildman–Crippen LogP) is 0.963. The third kappa shape index (κ3) is 2.38. The summed E-state index contributed by atoms with van der Waals surface area (Å²) < 4.78 is 23.4. The van der Waals surface area contributed by atoms with E-state index in [1.165, 1.54) is 6.07 Å². The van der Waals surface area contributed by atoms with E-state index in [1.807, 2.05) is 0 Å². The maximum atomic E-state index is 10.1. The van der Waals surface area contributed by atoms with Crippen molar-refractivity contribution in [2.75, 3.05) is 5.73 Å². The first-order valence-electron chi connectivity index (χ1n) is 2.85. The number of rotatable bonds is 1. The molecule has 0 saturated heterocycles. The first kappa shape index (κ1) is 7.74. The van der Waals surface area contributed by atoms with Crippen molar-refractivity contribution in [1.82, 2.24) is 0 Å². The van der Waals surface area contributed by atoms with Crippen molar-refractivity contribution in [1.29, 1.82) is 0 Å². The standard InChI is InChI=1S/C6H6N2O2S/c7-5-2-1-3-6(4-5)8-11(9)10/h1-4H,7H2. The maximum Gasteiger partial charge on any atom is 0.316 e. The van der Waals surface area contributed by atoms with Gasteiger partial charge in [0.25, 0.3) is 0 Å². The van der Waals surface area contributed by atoms with E-state index < -0.39 is 10.5 Å². The Morgan fingerprint density at radius 2 is 2.09 bits per heavy atom. The van der Waals surface area contributed by atoms with Gasteiger partial charge in [-0.1, -0.05) is 6.07 Å². The molecule has 0 amide bonds. The minimum atomic E-state index is -2.41. The molecule has 0 radical (unpaired) electrons. The Kier molecular flexibility index (Phi) is 2.22. The normalized spacial score (nSPS) is 9.09. The van der Waals surface area contributed by atoms with Crippen LogP contribution >= 0.6 is 0 Å². The first-order chi connectivity index (χ1) is 5.18. The van der Waals surface area contributed by atoms with Crippen LogP contribution in [0.5, 0.6) is 0 Å². The van der Waals surface area contributed by atoms with Crippen LogP contribution in [0.2, 0.25) is 0 Å². The number of nitrogens with two attached hydrogens (primary N) is 1. The topological polar surface area (TPSA) is 72.5 Å². The number of hydrogen-bond acceptors (Lipinski definition) is 4. The van der Waals surface area contributed by atoms with E-state index in [2.05, 4.69) is 4.36 Å². The molecular formula is C6H6N2O2S. The summed E-state index contributed by atoms with van der Waals surface area (Å²) in [5, 5.41) is 0. The minimum Gasteiger partial charge on any atom is -0.399 e. The molecule has 1 aromatic carbocycles. The Morgan fingerprint density at radius 3 is 2.64 bits per heavy atom. The zero-order chi connectivity index (χ0) is 8.27. The SMILES string of the molecule is Nc1cccc(N=S(=O)=O)c1. The predicted molar refractivity (Wildman–Crippen MR) is 41.9 cm³/mol. The van der Waals surface area contributed by atoms with Crippen LogP contribution in [0, 0.1) is 0 Å². The van der Waals surface area contributed by atoms with E-state index in [-0.39, 0.29) is 0 Å². The Balaban J connectivity index is 3.17. The van der Waals surface area contributed by atoms with Crippen molar-refractivity contribution < 1.29 is 8.42 Å². The monoisotopic (exact) mass is 170 g/mol. The summed E-state index contributed by atoms with van der Waals surface area (Å²) in [6.07, 6.45) is 0. The van der Waals surface area contributed by atoms with Gasteiger partial charge in [0.2, 0.25) is 0 Å². The van der Waals surface area contributed by atoms with E-state index in [9.17, 15) is 8.42 Å². The summed E-state index contributed by atoms with van der Waals surface area (Å²) in [7, 11) is -2.41. The third-order valence-corrected chi connectivity index (χ3v) is 1.41. The van der Waals surface area contributed by atoms with Crippen molar-refractivity contribution in [2.45, 2.75) is 0 Å². The quantitative estimate of drug-likeness (QED) is 0.638. The molecule has 1 rings (SSSR count). The summed E-state index contributed by atoms with van der Waals surface area (Å²) in [6, 6.07) is 6.34. The van der Waals surface area contributed by atoms with Crippen molar-refractivity contribution >= 4 is 21.9 Å². The van der Waals surface area contributed by atoms with E-state index in [0.717, 1.165) is 0 Å². The second-order valence-corrected chi connectivity index (χ2v) is 2.52. The number of anilines is 1. The average Bonchev–Trinajstić information content (AvgIpc) is 1.85. The summed E-state index contributed by atoms with van der Waals surface area (Å²) in [5.74, 6) is 0. The van der Waals surface area contributed by atoms with E-state index in [1.54, 1.807) is 18.2 Å². The fourth-order valence-electron chi connectivity index (χ4n) is 0.668. The highest BCUT2D eigenvalue weighted by molar-refractivity contribution is 7.61. The summed E-state index contributed by atoms with van der Waals surface area (Å²) in [5.41, 5.74) is 6.22. The van der Waals surface area contributed by atoms with Crippen LogP contribution in [0.3, 0.4) is 0 Å². The Labute approximate surface area is 65.4 Å². The van der Waals surface area contributed by atoms with Crippen molar-refractivity contribution in [3.05, 3.63) is 24.3 Å². The molecule has 0 aliphatic heterocycles. The summed E-state index contributed by atoms with van der Waals surface area (Å²) >= 11 is 0. The molecule has 0 aliphatic carbocycles. The fourth-order valence-corrected chi connectivity index (χ4v) is 0.953. The summed E-state index contributed by atoms with van der Waals surface area (Å²) in [6.45, 7) is 0. The van der Waals surface area contributed by atoms with Gasteiger partial charge in [-0.25, -0.2) is 0 Å². The van der Waals surface area contributed by atoms with Crippen LogP contribution in [-0.2, 0) is 10.5 Å². The Bertz CT molecular complexity index is 375. The molecule has 11 heavy (non-hydrogen) atoms. The van der Waals surface area contributed by atoms with Crippen LogP contribution in [-0.4, -0.2) is 8.42 Å². The minimum absolute atomic E-state index is 0.346. The van der Waals surface area contributed by atoms with Crippen molar-refractivity contribution in [3.63, 3.8) is 0 Å². The number of nitrogen functional groups attached to an aromatic ring is 1. The molecule has 0 saturated carbocycles. The molecule has 4 nitrogen and oxygen atoms in total. The fraction of sp³-hybridized carbons (Fsp3) is 0. The molecule has 58 valence electrons. The van der Waals surface area contributed by atoms with Crippen LogP contribution in [0.25, 0.3) is 0 Å². The second kappa shape index (κ2) is 3.16. The van der Waals surface area contributed by atoms with Crippen LogP contribution in [0.4, 0.5) is 11.4 Å². The van der Waals surface area contributed by atoms with Crippen molar-refractivity contribution in [2.24, 2.45) is 4.36 Å². The van der Waals surface area contributed by atoms with Gasteiger partial charge in [0.1, 0.15) is 0 Å². The van der Waals surface area contributed by atoms with Crippen LogP contribution in [0.1, 0.15) is 0 Å². The third-order valence-electron chi connectivity index (χ3n) is 1.05. The molecule has 0 atom stereocenters. The van der Waals surface area contributed by atoms with Gasteiger partial charge < -0.3 is 5.73 Å². The summed E-state index contributed by atoms with van der Waals surface area (Å²) in [4.78, 5) is 0. The lowest BCUT2D eigenvalue weighted by atomic mass is 10.3. The molecule has 0 aliphatic rings. The van der Waals surface area contributed by atoms with Gasteiger partial charge in [0.05, 0.1) is 5.69 Å². The van der Waals surface area contributed by atoms with E-state index >= 15 is 0 Å². The van der Waals surface area contributed by atoms with E-state index in [4.69, 9.17) is 5.73 Å². The number of nitrogens with zero attached hydrogens (tertiary/aromatic N) is 1. The lowest BCUT2D eigenvalue weighted by Gasteiger charge is -1.90. The average molecular weight is 170 g/mol. The van der Waals surface area contributed by atoms with Gasteiger partial charge in [-0.05, 0) is 18.2 Å². The van der Waals surface area contributed by atoms with Gasteiger partial charge in [-0.2, -0.15) is 8.42 Å². The van der Waals surface area contributed by atoms with Crippen molar-refractivity contribution in [3.8, 4) is 0 Å². The molecular weight excluding hydrogens is 164 g/mol. The highest BCUT2D eigenvalue weighted by Crippen LogP contribution is 2.14. The molecule has 0 aromatic heterocycles. The second-order valence-electron chi connectivity index (χ2n) is 1.90. The molecule has 5 heteroatoms. The lowest BCUT2D eigenvalue weighted by molar-refractivity contribution is 0.622. The molecule has 0 unspecified atom stereocenters. The van der Waals surface area contributed by atoms with E-state index in [0.29, 0.717) is 11.4 Å². The molecule has 1 aromatic rings. The zero-order valence-corrected chi connectivity index (χ0v) is 6.38. The lowest BCUT2D eigenvalue weighted by Crippen LogP contribution is -1.80. The molecule has 0 heterocycles. The highest BCUT2D eigenvalue weighted by Gasteiger charge is 1.88. The Hall–Kier alpha value is -1.36. The largest absolute Gasteiger partial charge is 0.399 e. The number of hydrogen-bond donors (Lipinski definition) is 1. The first-order valence-corrected chi connectivity index (χ1v) is 3.88. The zero-order valence-electron chi connectivity index (χ0n) is 5.56. The molecule has 0 fully saturated rings. The highest BCUT2D eigenvalue weighted by atomic mass is 32.2. The molecule has 0 spiro atoms. The molecule has 2 N–H and O–H groups in total. The smallest absolute Gasteiger partial charge is 0.316 e. The van der Waals surface area contributed by atoms with Gasteiger partial charge in [0.15, 0.2) is 0 Å². The molecule has 0 bridgehead atoms. The number of benzene rings is 1. The van der Waals surface area contributed by atoms with Crippen LogP contribution < -0.4 is 5.73 Å². The Morgan fingerprint density at radius 1 is 1.36 bits per heavy atom.